The molecule has 2 aromatic heterocycles. The first kappa shape index (κ1) is 15.5. The molecule has 7 nitrogen and oxygen atoms in total. The molecule has 1 amide bonds. The summed E-state index contributed by atoms with van der Waals surface area (Å²) in [4.78, 5) is 31.4. The Kier molecular flexibility index (Phi) is 4.29. The van der Waals surface area contributed by atoms with Gasteiger partial charge in [-0.3, -0.25) is 14.5 Å². The second-order valence-corrected chi connectivity index (χ2v) is 5.88. The molecule has 2 aromatic rings. The van der Waals surface area contributed by atoms with Crippen LogP contribution in [0.5, 0.6) is 0 Å². The van der Waals surface area contributed by atoms with Crippen LogP contribution in [0.2, 0.25) is 0 Å². The lowest BCUT2D eigenvalue weighted by atomic mass is 10.1. The molecule has 23 heavy (non-hydrogen) atoms. The van der Waals surface area contributed by atoms with Crippen LogP contribution >= 0.6 is 0 Å². The van der Waals surface area contributed by atoms with Crippen LogP contribution in [-0.4, -0.2) is 52.0 Å². The highest BCUT2D eigenvalue weighted by atomic mass is 16.5. The molecule has 3 rings (SSSR count). The van der Waals surface area contributed by atoms with E-state index in [2.05, 4.69) is 15.0 Å². The number of carbonyl (C=O) groups is 1. The van der Waals surface area contributed by atoms with Crippen molar-refractivity contribution in [3.8, 4) is 0 Å². The van der Waals surface area contributed by atoms with E-state index in [9.17, 15) is 9.59 Å². The molecule has 0 unspecified atom stereocenters. The first-order chi connectivity index (χ1) is 11.0. The average Bonchev–Trinajstić information content (AvgIpc) is 2.95. The number of H-pyrrole nitrogens is 1. The molecule has 1 N–H and O–H groups in total. The highest BCUT2D eigenvalue weighted by Crippen LogP contribution is 2.11. The fourth-order valence-electron chi connectivity index (χ4n) is 2.74. The second kappa shape index (κ2) is 6.37. The molecular formula is C16H20N4O3. The highest BCUT2D eigenvalue weighted by Gasteiger charge is 2.24. The number of nitrogens with one attached hydrogen (secondary N) is 1. The molecule has 1 aliphatic rings. The van der Waals surface area contributed by atoms with Gasteiger partial charge >= 0.3 is 0 Å². The van der Waals surface area contributed by atoms with Crippen LogP contribution in [0.25, 0.3) is 0 Å². The first-order valence-electron chi connectivity index (χ1n) is 7.66. The van der Waals surface area contributed by atoms with E-state index < -0.39 is 0 Å². The molecule has 0 atom stereocenters. The number of aryl methyl sites for hydroxylation is 2. The smallest absolute Gasteiger partial charge is 0.259 e. The number of rotatable bonds is 3. The minimum absolute atomic E-state index is 0.201. The Morgan fingerprint density at radius 3 is 2.65 bits per heavy atom. The summed E-state index contributed by atoms with van der Waals surface area (Å²) < 4.78 is 5.22. The van der Waals surface area contributed by atoms with Gasteiger partial charge in [-0.1, -0.05) is 5.16 Å². The molecule has 0 bridgehead atoms. The van der Waals surface area contributed by atoms with Crippen molar-refractivity contribution in [3.63, 3.8) is 0 Å². The van der Waals surface area contributed by atoms with Gasteiger partial charge in [0.2, 0.25) is 0 Å². The zero-order valence-corrected chi connectivity index (χ0v) is 13.3. The standard InChI is InChI=1S/C16H20N4O3/c1-11-8-17-9-14(15(11)21)16(22)20-5-3-19(4-6-20)10-13-7-12(2)18-23-13/h7-9H,3-6,10H2,1-2H3,(H,17,21). The van der Waals surface area contributed by atoms with Gasteiger partial charge in [0, 0.05) is 50.2 Å². The normalized spacial score (nSPS) is 15.8. The number of hydrogen-bond donors (Lipinski definition) is 1. The average molecular weight is 316 g/mol. The summed E-state index contributed by atoms with van der Waals surface area (Å²) in [7, 11) is 0. The summed E-state index contributed by atoms with van der Waals surface area (Å²) in [5, 5.41) is 3.88. The summed E-state index contributed by atoms with van der Waals surface area (Å²) in [6, 6.07) is 1.92. The lowest BCUT2D eigenvalue weighted by Gasteiger charge is -2.34. The van der Waals surface area contributed by atoms with E-state index in [1.165, 1.54) is 6.20 Å². The van der Waals surface area contributed by atoms with Crippen molar-refractivity contribution >= 4 is 5.91 Å². The molecule has 0 saturated carbocycles. The van der Waals surface area contributed by atoms with Gasteiger partial charge in [0.15, 0.2) is 11.2 Å². The van der Waals surface area contributed by atoms with Crippen molar-refractivity contribution in [1.29, 1.82) is 0 Å². The van der Waals surface area contributed by atoms with Gasteiger partial charge in [0.25, 0.3) is 5.91 Å². The maximum Gasteiger partial charge on any atom is 0.259 e. The topological polar surface area (TPSA) is 82.4 Å². The van der Waals surface area contributed by atoms with Gasteiger partial charge in [-0.25, -0.2) is 0 Å². The Morgan fingerprint density at radius 2 is 2.00 bits per heavy atom. The van der Waals surface area contributed by atoms with Crippen molar-refractivity contribution in [2.45, 2.75) is 20.4 Å². The predicted molar refractivity (Wildman–Crippen MR) is 84.2 cm³/mol. The number of piperazine rings is 1. The molecule has 3 heterocycles. The van der Waals surface area contributed by atoms with Crippen molar-refractivity contribution in [1.82, 2.24) is 19.9 Å². The number of aromatic amines is 1. The third-order valence-electron chi connectivity index (χ3n) is 4.08. The van der Waals surface area contributed by atoms with Crippen LogP contribution in [0.15, 0.2) is 27.8 Å². The summed E-state index contributed by atoms with van der Waals surface area (Å²) in [6.45, 7) is 6.97. The van der Waals surface area contributed by atoms with Crippen molar-refractivity contribution in [3.05, 3.63) is 51.3 Å². The monoisotopic (exact) mass is 316 g/mol. The van der Waals surface area contributed by atoms with E-state index in [4.69, 9.17) is 4.52 Å². The number of hydrogen-bond acceptors (Lipinski definition) is 5. The van der Waals surface area contributed by atoms with Gasteiger partial charge in [0.05, 0.1) is 12.2 Å². The SMILES string of the molecule is Cc1cc(CN2CCN(C(=O)c3c[nH]cc(C)c3=O)CC2)on1. The molecule has 1 fully saturated rings. The van der Waals surface area contributed by atoms with Crippen molar-refractivity contribution in [2.24, 2.45) is 0 Å². The molecule has 122 valence electrons. The Balaban J connectivity index is 1.61. The number of aromatic nitrogens is 2. The molecule has 0 spiro atoms. The molecule has 0 radical (unpaired) electrons. The molecule has 1 aliphatic heterocycles. The molecule has 7 heteroatoms. The van der Waals surface area contributed by atoms with Gasteiger partial charge in [-0.05, 0) is 13.8 Å². The molecule has 0 aromatic carbocycles. The van der Waals surface area contributed by atoms with Crippen LogP contribution in [0.3, 0.4) is 0 Å². The fraction of sp³-hybridized carbons (Fsp3) is 0.438. The molecular weight excluding hydrogens is 296 g/mol. The zero-order chi connectivity index (χ0) is 16.4. The number of pyridine rings is 1. The maximum absolute atomic E-state index is 12.5. The van der Waals surface area contributed by atoms with E-state index in [0.29, 0.717) is 25.2 Å². The fourth-order valence-corrected chi connectivity index (χ4v) is 2.74. The summed E-state index contributed by atoms with van der Waals surface area (Å²) >= 11 is 0. The van der Waals surface area contributed by atoms with Crippen LogP contribution in [0.1, 0.15) is 27.4 Å². The van der Waals surface area contributed by atoms with Crippen LogP contribution in [0.4, 0.5) is 0 Å². The predicted octanol–water partition coefficient (Wildman–Crippen LogP) is 0.938. The van der Waals surface area contributed by atoms with E-state index in [-0.39, 0.29) is 16.9 Å². The summed E-state index contributed by atoms with van der Waals surface area (Å²) in [5.41, 5.74) is 1.43. The van der Waals surface area contributed by atoms with Crippen LogP contribution < -0.4 is 5.43 Å². The van der Waals surface area contributed by atoms with Crippen molar-refractivity contribution < 1.29 is 9.32 Å². The first-order valence-corrected chi connectivity index (χ1v) is 7.66. The van der Waals surface area contributed by atoms with Gasteiger partial charge < -0.3 is 14.4 Å². The van der Waals surface area contributed by atoms with Gasteiger partial charge in [0.1, 0.15) is 5.56 Å². The lowest BCUT2D eigenvalue weighted by Crippen LogP contribution is -2.49. The Morgan fingerprint density at radius 1 is 1.26 bits per heavy atom. The van der Waals surface area contributed by atoms with Gasteiger partial charge in [-0.2, -0.15) is 0 Å². The van der Waals surface area contributed by atoms with E-state index in [1.807, 2.05) is 13.0 Å². The Labute approximate surface area is 133 Å². The maximum atomic E-state index is 12.5. The third kappa shape index (κ3) is 3.34. The van der Waals surface area contributed by atoms with Gasteiger partial charge in [-0.15, -0.1) is 0 Å². The van der Waals surface area contributed by atoms with Crippen LogP contribution in [-0.2, 0) is 6.54 Å². The Hall–Kier alpha value is -2.41. The quantitative estimate of drug-likeness (QED) is 0.911. The number of nitrogens with zero attached hydrogens (tertiary/aromatic N) is 3. The van der Waals surface area contributed by atoms with Crippen LogP contribution in [0, 0.1) is 13.8 Å². The minimum Gasteiger partial charge on any atom is -0.366 e. The van der Waals surface area contributed by atoms with Crippen molar-refractivity contribution in [2.75, 3.05) is 26.2 Å². The van der Waals surface area contributed by atoms with E-state index in [0.717, 1.165) is 24.5 Å². The molecule has 0 aliphatic carbocycles. The molecule has 1 saturated heterocycles. The van der Waals surface area contributed by atoms with E-state index >= 15 is 0 Å². The summed E-state index contributed by atoms with van der Waals surface area (Å²) in [6.07, 6.45) is 3.10. The minimum atomic E-state index is -0.204. The Bertz CT molecular complexity index is 757. The lowest BCUT2D eigenvalue weighted by molar-refractivity contribution is 0.0615. The zero-order valence-electron chi connectivity index (χ0n) is 13.3. The highest BCUT2D eigenvalue weighted by molar-refractivity contribution is 5.94. The van der Waals surface area contributed by atoms with E-state index in [1.54, 1.807) is 18.0 Å². The number of carbonyl (C=O) groups excluding carboxylic acids is 1. The summed E-state index contributed by atoms with van der Waals surface area (Å²) in [5.74, 6) is 0.627. The third-order valence-corrected chi connectivity index (χ3v) is 4.08. The second-order valence-electron chi connectivity index (χ2n) is 5.88. The largest absolute Gasteiger partial charge is 0.366 e. The number of amides is 1.